The van der Waals surface area contributed by atoms with Gasteiger partial charge in [0, 0.05) is 0 Å². The molecule has 0 nitrogen and oxygen atoms in total. The van der Waals surface area contributed by atoms with Crippen LogP contribution in [0.5, 0.6) is 0 Å². The summed E-state index contributed by atoms with van der Waals surface area (Å²) >= 11 is -0.826. The molecule has 0 atom stereocenters. The number of fused-ring (bicyclic) bond motifs is 5. The minimum absolute atomic E-state index is 0.107. The van der Waals surface area contributed by atoms with E-state index in [2.05, 4.69) is 285 Å². The van der Waals surface area contributed by atoms with Gasteiger partial charge in [-0.05, 0) is 79.0 Å². The summed E-state index contributed by atoms with van der Waals surface area (Å²) in [5.41, 5.74) is 22.5. The number of benzene rings is 8. The van der Waals surface area contributed by atoms with Gasteiger partial charge in [-0.1, -0.05) is 276 Å². The van der Waals surface area contributed by atoms with Crippen LogP contribution in [-0.4, -0.2) is 9.52 Å². The topological polar surface area (TPSA) is 0 Å². The SMILES string of the molecule is CCCc1ccc2[cH-]c(-c3ccccc3)cc2c1-c1cc(C(C)(C)C)cc(C(C)(C)C)c1.CCCc1ccc2[cH-]c(-c3ccccc3)cc2c1-c1cc(C(C)(C)C)cc(C(C)(C)C)c1.[Cl][Zr][Cl].[c-]1cccc2c1[Si]c1ccccc1-2. The zero-order valence-corrected chi connectivity index (χ0v) is 55.0. The van der Waals surface area contributed by atoms with E-state index in [1.54, 1.807) is 0 Å². The van der Waals surface area contributed by atoms with Crippen LogP contribution >= 0.6 is 17.0 Å². The van der Waals surface area contributed by atoms with Gasteiger partial charge >= 0.3 is 37.9 Å². The van der Waals surface area contributed by atoms with Gasteiger partial charge in [-0.25, -0.2) is 0 Å². The van der Waals surface area contributed by atoms with E-state index in [1.807, 2.05) is 6.07 Å². The third-order valence-corrected chi connectivity index (χ3v) is 16.8. The van der Waals surface area contributed by atoms with Gasteiger partial charge in [0.05, 0.1) is 9.52 Å². The van der Waals surface area contributed by atoms with E-state index >= 15 is 0 Å². The fraction of sp³-hybridized carbons (Fsp3) is 0.289. The third kappa shape index (κ3) is 14.5. The number of aryl methyl sites for hydroxylation is 2. The Morgan fingerprint density at radius 1 is 0.425 bits per heavy atom. The van der Waals surface area contributed by atoms with E-state index in [4.69, 9.17) is 17.0 Å². The molecule has 10 aromatic carbocycles. The maximum absolute atomic E-state index is 4.93. The summed E-state index contributed by atoms with van der Waals surface area (Å²) in [7, 11) is 10.7. The van der Waals surface area contributed by atoms with Gasteiger partial charge < -0.3 is 0 Å². The molecule has 11 rings (SSSR count). The smallest absolute Gasteiger partial charge is 0.0920 e. The van der Waals surface area contributed by atoms with Crippen LogP contribution in [0.15, 0.2) is 188 Å². The molecular weight excluding hydrogens is 1100 g/mol. The minimum Gasteiger partial charge on any atom is -0.184 e. The summed E-state index contributed by atoms with van der Waals surface area (Å²) in [6.45, 7) is 32.4. The van der Waals surface area contributed by atoms with Crippen molar-refractivity contribution in [2.24, 2.45) is 0 Å². The maximum atomic E-state index is 4.93. The Morgan fingerprint density at radius 2 is 0.800 bits per heavy atom. The molecule has 4 heteroatoms. The van der Waals surface area contributed by atoms with E-state index in [9.17, 15) is 0 Å². The molecule has 0 saturated carbocycles. The summed E-state index contributed by atoms with van der Waals surface area (Å²) in [5.74, 6) is 0. The summed E-state index contributed by atoms with van der Waals surface area (Å²) in [6, 6.07) is 73.1. The molecule has 0 aromatic heterocycles. The van der Waals surface area contributed by atoms with Crippen molar-refractivity contribution in [3.05, 3.63) is 228 Å². The molecule has 0 amide bonds. The molecular formula is C76H81Cl2SiZr-3. The average Bonchev–Trinajstić information content (AvgIpc) is 4.25. The zero-order chi connectivity index (χ0) is 57.6. The molecule has 1 heterocycles. The van der Waals surface area contributed by atoms with Gasteiger partial charge in [0.15, 0.2) is 0 Å². The molecule has 1 aliphatic rings. The molecule has 80 heavy (non-hydrogen) atoms. The van der Waals surface area contributed by atoms with Crippen molar-refractivity contribution in [1.29, 1.82) is 0 Å². The van der Waals surface area contributed by atoms with Crippen LogP contribution in [0.2, 0.25) is 0 Å². The van der Waals surface area contributed by atoms with Gasteiger partial charge in [-0.3, -0.25) is 0 Å². The Balaban J connectivity index is 0.000000165. The van der Waals surface area contributed by atoms with Crippen molar-refractivity contribution in [3.8, 4) is 55.6 Å². The molecule has 1 aliphatic heterocycles. The van der Waals surface area contributed by atoms with Gasteiger partial charge in [0.2, 0.25) is 0 Å². The van der Waals surface area contributed by atoms with E-state index in [1.165, 1.54) is 121 Å². The van der Waals surface area contributed by atoms with Crippen LogP contribution < -0.4 is 10.4 Å². The normalized spacial score (nSPS) is 12.2. The second kappa shape index (κ2) is 25.8. The molecule has 10 aromatic rings. The Labute approximate surface area is 502 Å². The summed E-state index contributed by atoms with van der Waals surface area (Å²) in [5, 5.41) is 8.24. The molecule has 0 unspecified atom stereocenters. The maximum Gasteiger partial charge on any atom is 0.0920 e. The second-order valence-electron chi connectivity index (χ2n) is 25.7. The standard InChI is InChI=1S/2C32H37.C12H7Si.2ClH.Zr/c2*1-8-12-23-15-16-24-17-25(22-13-10-9-11-14-22)20-29(24)30(23)26-18-27(31(2,3)4)21-28(19-26)32(5,6)7;1-3-7-11-9(5-1)10-6-2-4-8-12(10)13-11;;;/h2*9-11,13-21H,8,12H2,1-7H3;1-7H;2*1H;/q3*-1;;;+2/p-2. The molecule has 410 valence electrons. The van der Waals surface area contributed by atoms with Crippen molar-refractivity contribution < 1.29 is 20.8 Å². The van der Waals surface area contributed by atoms with E-state index < -0.39 is 20.8 Å². The molecule has 0 saturated heterocycles. The molecule has 0 fully saturated rings. The number of rotatable bonds is 8. The molecule has 0 aliphatic carbocycles. The Morgan fingerprint density at radius 3 is 1.19 bits per heavy atom. The first-order valence-corrected chi connectivity index (χ1v) is 36.1. The summed E-state index contributed by atoms with van der Waals surface area (Å²) in [4.78, 5) is 0. The number of hydrogen-bond acceptors (Lipinski definition) is 0. The largest absolute Gasteiger partial charge is 0.184 e. The predicted octanol–water partition coefficient (Wildman–Crippen LogP) is 21.4. The Bertz CT molecular complexity index is 3370. The van der Waals surface area contributed by atoms with Crippen LogP contribution in [0.4, 0.5) is 0 Å². The van der Waals surface area contributed by atoms with Crippen LogP contribution in [0.25, 0.3) is 77.2 Å². The van der Waals surface area contributed by atoms with Crippen LogP contribution in [0, 0.1) is 6.07 Å². The van der Waals surface area contributed by atoms with Crippen molar-refractivity contribution >= 4 is 58.5 Å². The second-order valence-corrected chi connectivity index (χ2v) is 30.7. The van der Waals surface area contributed by atoms with Crippen molar-refractivity contribution in [1.82, 2.24) is 0 Å². The molecule has 0 N–H and O–H groups in total. The van der Waals surface area contributed by atoms with Gasteiger partial charge in [-0.2, -0.15) is 29.5 Å². The Hall–Kier alpha value is -5.34. The molecule has 2 radical (unpaired) electrons. The van der Waals surface area contributed by atoms with Crippen LogP contribution in [0.3, 0.4) is 0 Å². The fourth-order valence-electron chi connectivity index (χ4n) is 10.9. The summed E-state index contributed by atoms with van der Waals surface area (Å²) in [6.07, 6.45) is 4.50. The average molecular weight is 1180 g/mol. The quantitative estimate of drug-likeness (QED) is 0.105. The van der Waals surface area contributed by atoms with Crippen molar-refractivity contribution in [2.45, 2.75) is 144 Å². The minimum atomic E-state index is -0.826. The van der Waals surface area contributed by atoms with Gasteiger partial charge in [0.25, 0.3) is 0 Å². The molecule has 0 bridgehead atoms. The summed E-state index contributed by atoms with van der Waals surface area (Å²) < 4.78 is 0. The van der Waals surface area contributed by atoms with Crippen molar-refractivity contribution in [3.63, 3.8) is 0 Å². The first-order chi connectivity index (χ1) is 38.0. The fourth-order valence-corrected chi connectivity index (χ4v) is 12.2. The van der Waals surface area contributed by atoms with Gasteiger partial charge in [-0.15, -0.1) is 74.6 Å². The number of halogens is 2. The first kappa shape index (κ1) is 60.7. The molecule has 0 spiro atoms. The monoisotopic (exact) mass is 1180 g/mol. The third-order valence-electron chi connectivity index (χ3n) is 15.4. The zero-order valence-electron chi connectivity index (χ0n) is 50.0. The van der Waals surface area contributed by atoms with E-state index in [0.717, 1.165) is 35.2 Å². The predicted molar refractivity (Wildman–Crippen MR) is 351 cm³/mol. The van der Waals surface area contributed by atoms with Crippen LogP contribution in [0.1, 0.15) is 143 Å². The van der Waals surface area contributed by atoms with E-state index in [-0.39, 0.29) is 21.7 Å². The first-order valence-electron chi connectivity index (χ1n) is 28.7. The Kier molecular flexibility index (Phi) is 19.6. The van der Waals surface area contributed by atoms with E-state index in [0.29, 0.717) is 0 Å². The van der Waals surface area contributed by atoms with Crippen molar-refractivity contribution in [2.75, 3.05) is 0 Å². The van der Waals surface area contributed by atoms with Crippen LogP contribution in [-0.2, 0) is 55.3 Å². The van der Waals surface area contributed by atoms with Gasteiger partial charge in [0.1, 0.15) is 0 Å². The number of hydrogen-bond donors (Lipinski definition) is 0.